The Balaban J connectivity index is 1.99. The van der Waals surface area contributed by atoms with Gasteiger partial charge in [0.05, 0.1) is 0 Å². The van der Waals surface area contributed by atoms with Gasteiger partial charge in [0, 0.05) is 38.5 Å². The Hall–Kier alpha value is -2.29. The Morgan fingerprint density at radius 1 is 1.00 bits per heavy atom. The molecule has 9 heteroatoms. The normalized spacial score (nSPS) is 38.3. The molecule has 8 nitrogen and oxygen atoms in total. The summed E-state index contributed by atoms with van der Waals surface area (Å²) in [7, 11) is 0. The summed E-state index contributed by atoms with van der Waals surface area (Å²) in [6.07, 6.45) is -2.49. The zero-order valence-electron chi connectivity index (χ0n) is 16.5. The van der Waals surface area contributed by atoms with Crippen molar-refractivity contribution in [2.75, 3.05) is 0 Å². The molecule has 28 heavy (non-hydrogen) atoms. The number of carbonyl (C=O) groups is 4. The van der Waals surface area contributed by atoms with E-state index in [2.05, 4.69) is 0 Å². The van der Waals surface area contributed by atoms with Gasteiger partial charge in [-0.2, -0.15) is 0 Å². The Bertz CT molecular complexity index is 780. The largest absolute Gasteiger partial charge is 0.456 e. The highest BCUT2D eigenvalue weighted by Gasteiger charge is 2.83. The number of amides is 1. The second-order valence-corrected chi connectivity index (χ2v) is 7.81. The van der Waals surface area contributed by atoms with E-state index in [-0.39, 0.29) is 23.7 Å². The molecule has 0 unspecified atom stereocenters. The first kappa shape index (κ1) is 20.4. The van der Waals surface area contributed by atoms with Crippen LogP contribution in [-0.4, -0.2) is 58.2 Å². The maximum Gasteiger partial charge on any atom is 0.303 e. The van der Waals surface area contributed by atoms with Crippen LogP contribution < -0.4 is 0 Å². The molecule has 154 valence electrons. The molecule has 0 N–H and O–H groups in total. The lowest BCUT2D eigenvalue weighted by Gasteiger charge is -2.33. The van der Waals surface area contributed by atoms with Gasteiger partial charge in [-0.05, 0) is 26.7 Å². The molecule has 1 amide bonds. The summed E-state index contributed by atoms with van der Waals surface area (Å²) in [4.78, 5) is 48.0. The predicted molar refractivity (Wildman–Crippen MR) is 92.2 cm³/mol. The highest BCUT2D eigenvalue weighted by molar-refractivity contribution is 5.93. The highest BCUT2D eigenvalue weighted by Crippen LogP contribution is 2.68. The molecule has 3 rings (SSSR count). The summed E-state index contributed by atoms with van der Waals surface area (Å²) in [5.74, 6) is -2.24. The van der Waals surface area contributed by atoms with E-state index in [0.717, 1.165) is 11.8 Å². The van der Waals surface area contributed by atoms with Gasteiger partial charge >= 0.3 is 11.9 Å². The average molecular weight is 397 g/mol. The van der Waals surface area contributed by atoms with Crippen LogP contribution >= 0.6 is 0 Å². The molecule has 0 spiro atoms. The molecule has 2 aliphatic carbocycles. The lowest BCUT2D eigenvalue weighted by Crippen LogP contribution is -2.52. The fourth-order valence-corrected chi connectivity index (χ4v) is 4.45. The van der Waals surface area contributed by atoms with E-state index in [9.17, 15) is 19.2 Å². The van der Waals surface area contributed by atoms with Crippen LogP contribution in [-0.2, 0) is 33.4 Å². The van der Waals surface area contributed by atoms with Crippen molar-refractivity contribution in [1.29, 1.82) is 0 Å². The van der Waals surface area contributed by atoms with Crippen LogP contribution in [0.2, 0.25) is 0 Å². The molecule has 0 aromatic carbocycles. The Labute approximate surface area is 162 Å². The van der Waals surface area contributed by atoms with Crippen LogP contribution in [0.1, 0.15) is 47.5 Å². The summed E-state index contributed by atoms with van der Waals surface area (Å²) < 4.78 is 32.4. The van der Waals surface area contributed by atoms with Crippen molar-refractivity contribution in [3.63, 3.8) is 0 Å². The number of esters is 2. The van der Waals surface area contributed by atoms with Crippen LogP contribution in [0.5, 0.6) is 0 Å². The maximum atomic E-state index is 15.7. The third-order valence-corrected chi connectivity index (χ3v) is 5.74. The first-order chi connectivity index (χ1) is 12.9. The number of ketones is 1. The fourth-order valence-electron chi connectivity index (χ4n) is 4.45. The number of allylic oxidation sites excluding steroid dienone is 1. The molecule has 3 aliphatic rings. The molecule has 0 bridgehead atoms. The number of rotatable bonds is 5. The third-order valence-electron chi connectivity index (χ3n) is 5.74. The molecule has 1 aliphatic heterocycles. The van der Waals surface area contributed by atoms with Gasteiger partial charge in [0.1, 0.15) is 11.7 Å². The molecule has 3 fully saturated rings. The quantitative estimate of drug-likeness (QED) is 0.511. The number of fused-ring (bicyclic) bond motifs is 3. The summed E-state index contributed by atoms with van der Waals surface area (Å²) in [5.41, 5.74) is -2.48. The van der Waals surface area contributed by atoms with Crippen molar-refractivity contribution in [1.82, 2.24) is 4.90 Å². The molecular weight excluding hydrogens is 373 g/mol. The zero-order chi connectivity index (χ0) is 21.0. The molecule has 2 saturated carbocycles. The van der Waals surface area contributed by atoms with Crippen molar-refractivity contribution in [2.24, 2.45) is 5.92 Å². The standard InChI is InChI=1S/C19H24FNO7/c1-9(10(2)22)8-21(11(3)23)16-15(20)19(28-13(5)25)7-14-6-18(14,17(19)26-16)27-12(4)24/h8,14-17H,6-7H2,1-5H3/b9-8-/t14-,15-,16+,17+,18+,19-/m0/s1. The minimum atomic E-state index is -1.87. The van der Waals surface area contributed by atoms with E-state index in [1.54, 1.807) is 0 Å². The van der Waals surface area contributed by atoms with E-state index in [1.807, 2.05) is 0 Å². The van der Waals surface area contributed by atoms with Crippen molar-refractivity contribution >= 4 is 23.6 Å². The number of ether oxygens (including phenoxy) is 3. The monoisotopic (exact) mass is 397 g/mol. The van der Waals surface area contributed by atoms with Gasteiger partial charge < -0.3 is 14.2 Å². The molecule has 1 heterocycles. The summed E-state index contributed by atoms with van der Waals surface area (Å²) in [6.45, 7) is 6.45. The van der Waals surface area contributed by atoms with Crippen LogP contribution in [0.4, 0.5) is 4.39 Å². The minimum absolute atomic E-state index is 0.128. The van der Waals surface area contributed by atoms with Crippen LogP contribution in [0.3, 0.4) is 0 Å². The Morgan fingerprint density at radius 3 is 2.04 bits per heavy atom. The van der Waals surface area contributed by atoms with Gasteiger partial charge in [0.25, 0.3) is 0 Å². The van der Waals surface area contributed by atoms with Crippen LogP contribution in [0, 0.1) is 5.92 Å². The smallest absolute Gasteiger partial charge is 0.303 e. The lowest BCUT2D eigenvalue weighted by molar-refractivity contribution is -0.181. The number of alkyl halides is 1. The molecule has 6 atom stereocenters. The van der Waals surface area contributed by atoms with Crippen LogP contribution in [0.15, 0.2) is 11.8 Å². The van der Waals surface area contributed by atoms with Crippen LogP contribution in [0.25, 0.3) is 0 Å². The van der Waals surface area contributed by atoms with Gasteiger partial charge in [-0.15, -0.1) is 0 Å². The Kier molecular flexibility index (Phi) is 4.85. The number of hydrogen-bond donors (Lipinski definition) is 0. The van der Waals surface area contributed by atoms with E-state index in [1.165, 1.54) is 33.9 Å². The molecular formula is C19H24FNO7. The highest BCUT2D eigenvalue weighted by atomic mass is 19.1. The number of halogens is 1. The minimum Gasteiger partial charge on any atom is -0.456 e. The summed E-state index contributed by atoms with van der Waals surface area (Å²) in [6, 6.07) is 0. The second kappa shape index (κ2) is 6.65. The Morgan fingerprint density at radius 2 is 1.54 bits per heavy atom. The van der Waals surface area contributed by atoms with Crippen molar-refractivity contribution < 1.29 is 37.8 Å². The van der Waals surface area contributed by atoms with Gasteiger partial charge in [-0.3, -0.25) is 24.1 Å². The topological polar surface area (TPSA) is 99.2 Å². The molecule has 0 aromatic heterocycles. The average Bonchev–Trinajstić information content (AvgIpc) is 3.05. The van der Waals surface area contributed by atoms with E-state index >= 15 is 4.39 Å². The number of hydrogen-bond acceptors (Lipinski definition) is 7. The van der Waals surface area contributed by atoms with E-state index < -0.39 is 47.6 Å². The second-order valence-electron chi connectivity index (χ2n) is 7.81. The maximum absolute atomic E-state index is 15.7. The van der Waals surface area contributed by atoms with Gasteiger partial charge in [-0.25, -0.2) is 4.39 Å². The van der Waals surface area contributed by atoms with E-state index in [4.69, 9.17) is 14.2 Å². The fraction of sp³-hybridized carbons (Fsp3) is 0.684. The van der Waals surface area contributed by atoms with Gasteiger partial charge in [0.2, 0.25) is 5.91 Å². The summed E-state index contributed by atoms with van der Waals surface area (Å²) >= 11 is 0. The first-order valence-electron chi connectivity index (χ1n) is 9.11. The summed E-state index contributed by atoms with van der Waals surface area (Å²) in [5, 5.41) is 0. The molecule has 0 aromatic rings. The third kappa shape index (κ3) is 3.01. The molecule has 0 radical (unpaired) electrons. The number of carbonyl (C=O) groups excluding carboxylic acids is 4. The number of nitrogens with zero attached hydrogens (tertiary/aromatic N) is 1. The molecule has 1 saturated heterocycles. The SMILES string of the molecule is CC(=O)O[C@]12C[C@H]1C[C@@]1(OC(C)=O)[C@@H]2O[C@@H](N(/C=C(/C)C(C)=O)C(C)=O)[C@@H]1F. The first-order valence-corrected chi connectivity index (χ1v) is 9.11. The van der Waals surface area contributed by atoms with Crippen molar-refractivity contribution in [3.05, 3.63) is 11.8 Å². The van der Waals surface area contributed by atoms with Crippen molar-refractivity contribution in [2.45, 2.75) is 77.2 Å². The van der Waals surface area contributed by atoms with Crippen molar-refractivity contribution in [3.8, 4) is 0 Å². The predicted octanol–water partition coefficient (Wildman–Crippen LogP) is 1.42. The van der Waals surface area contributed by atoms with Gasteiger partial charge in [-0.1, -0.05) is 0 Å². The van der Waals surface area contributed by atoms with E-state index in [0.29, 0.717) is 6.42 Å². The number of Topliss-reactive ketones (excluding diaryl/α,β-unsaturated/α-hetero) is 1. The van der Waals surface area contributed by atoms with Gasteiger partial charge in [0.15, 0.2) is 23.8 Å². The lowest BCUT2D eigenvalue weighted by atomic mass is 9.90. The zero-order valence-corrected chi connectivity index (χ0v) is 16.5.